The number of rotatable bonds is 1. The summed E-state index contributed by atoms with van der Waals surface area (Å²) in [7, 11) is 0. The Bertz CT molecular complexity index is 229. The Morgan fingerprint density at radius 2 is 2.27 bits per heavy atom. The predicted octanol–water partition coefficient (Wildman–Crippen LogP) is 1.61. The zero-order valence-electron chi connectivity index (χ0n) is 6.23. The fourth-order valence-corrected chi connectivity index (χ4v) is 1.24. The van der Waals surface area contributed by atoms with Crippen molar-refractivity contribution in [1.82, 2.24) is 9.55 Å². The maximum absolute atomic E-state index is 5.46. The zero-order chi connectivity index (χ0) is 6.97. The second kappa shape index (κ2) is 3.13. The summed E-state index contributed by atoms with van der Waals surface area (Å²) in [5.41, 5.74) is 5.46. The van der Waals surface area contributed by atoms with Gasteiger partial charge in [-0.1, -0.05) is 0 Å². The molecule has 1 saturated carbocycles. The highest BCUT2D eigenvalue weighted by atomic mass is 35.5. The lowest BCUT2D eigenvalue weighted by atomic mass is 9.93. The van der Waals surface area contributed by atoms with Crippen LogP contribution in [0.4, 0.5) is 5.82 Å². The molecule has 0 saturated heterocycles. The molecule has 0 aromatic carbocycles. The van der Waals surface area contributed by atoms with E-state index in [2.05, 4.69) is 9.55 Å². The lowest BCUT2D eigenvalue weighted by Crippen LogP contribution is -2.14. The molecular weight excluding hydrogens is 162 g/mol. The van der Waals surface area contributed by atoms with Gasteiger partial charge in [0.2, 0.25) is 0 Å². The number of hydrogen-bond acceptors (Lipinski definition) is 2. The lowest BCUT2D eigenvalue weighted by molar-refractivity contribution is 0.313. The minimum Gasteiger partial charge on any atom is -0.382 e. The van der Waals surface area contributed by atoms with Gasteiger partial charge in [-0.15, -0.1) is 12.4 Å². The molecule has 0 unspecified atom stereocenters. The van der Waals surface area contributed by atoms with Crippen LogP contribution in [0.5, 0.6) is 0 Å². The van der Waals surface area contributed by atoms with E-state index >= 15 is 0 Å². The third-order valence-corrected chi connectivity index (χ3v) is 2.12. The number of anilines is 1. The van der Waals surface area contributed by atoms with E-state index in [-0.39, 0.29) is 12.4 Å². The van der Waals surface area contributed by atoms with Crippen LogP contribution in [0, 0.1) is 0 Å². The molecular formula is C7H12ClN3. The smallest absolute Gasteiger partial charge is 0.141 e. The van der Waals surface area contributed by atoms with Crippen molar-refractivity contribution < 1.29 is 0 Å². The second-order valence-electron chi connectivity index (χ2n) is 2.83. The van der Waals surface area contributed by atoms with Crippen molar-refractivity contribution in [2.45, 2.75) is 25.3 Å². The average molecular weight is 174 g/mol. The van der Waals surface area contributed by atoms with E-state index in [4.69, 9.17) is 5.73 Å². The lowest BCUT2D eigenvalue weighted by Gasteiger charge is -2.26. The van der Waals surface area contributed by atoms with Crippen LogP contribution in [0.15, 0.2) is 12.5 Å². The van der Waals surface area contributed by atoms with Crippen LogP contribution in [0.2, 0.25) is 0 Å². The van der Waals surface area contributed by atoms with E-state index in [0.717, 1.165) is 0 Å². The van der Waals surface area contributed by atoms with Crippen LogP contribution in [-0.4, -0.2) is 9.55 Å². The minimum absolute atomic E-state index is 0. The fraction of sp³-hybridized carbons (Fsp3) is 0.571. The van der Waals surface area contributed by atoms with Crippen LogP contribution in [0.25, 0.3) is 0 Å². The van der Waals surface area contributed by atoms with E-state index in [0.29, 0.717) is 11.9 Å². The van der Waals surface area contributed by atoms with Crippen molar-refractivity contribution in [2.75, 3.05) is 5.73 Å². The van der Waals surface area contributed by atoms with Gasteiger partial charge in [-0.05, 0) is 19.3 Å². The maximum atomic E-state index is 5.46. The molecule has 4 heteroatoms. The molecule has 1 aromatic heterocycles. The van der Waals surface area contributed by atoms with Crippen LogP contribution < -0.4 is 5.73 Å². The van der Waals surface area contributed by atoms with Gasteiger partial charge in [0.25, 0.3) is 0 Å². The Labute approximate surface area is 72.0 Å². The molecule has 3 nitrogen and oxygen atoms in total. The maximum Gasteiger partial charge on any atom is 0.141 e. The summed E-state index contributed by atoms with van der Waals surface area (Å²) in [5.74, 6) is 0.631. The van der Waals surface area contributed by atoms with Crippen LogP contribution in [0.1, 0.15) is 25.3 Å². The van der Waals surface area contributed by atoms with Crippen molar-refractivity contribution in [3.05, 3.63) is 12.5 Å². The first kappa shape index (κ1) is 8.40. The monoisotopic (exact) mass is 173 g/mol. The molecule has 0 amide bonds. The molecule has 0 radical (unpaired) electrons. The van der Waals surface area contributed by atoms with Gasteiger partial charge in [0.15, 0.2) is 0 Å². The molecule has 1 aromatic rings. The molecule has 1 aliphatic rings. The summed E-state index contributed by atoms with van der Waals surface area (Å²) in [6, 6.07) is 0.685. The Morgan fingerprint density at radius 3 is 2.64 bits per heavy atom. The van der Waals surface area contributed by atoms with Gasteiger partial charge in [-0.3, -0.25) is 0 Å². The summed E-state index contributed by atoms with van der Waals surface area (Å²) in [5, 5.41) is 0. The molecule has 1 aliphatic carbocycles. The van der Waals surface area contributed by atoms with E-state index in [9.17, 15) is 0 Å². The van der Waals surface area contributed by atoms with Gasteiger partial charge in [0.1, 0.15) is 5.82 Å². The van der Waals surface area contributed by atoms with Crippen LogP contribution in [0.3, 0.4) is 0 Å². The Balaban J connectivity index is 0.000000605. The zero-order valence-corrected chi connectivity index (χ0v) is 7.05. The molecule has 2 N–H and O–H groups in total. The van der Waals surface area contributed by atoms with Crippen LogP contribution in [-0.2, 0) is 0 Å². The largest absolute Gasteiger partial charge is 0.382 e. The first-order valence-electron chi connectivity index (χ1n) is 3.65. The average Bonchev–Trinajstić information content (AvgIpc) is 2.10. The number of hydrogen-bond donors (Lipinski definition) is 1. The molecule has 0 aliphatic heterocycles. The van der Waals surface area contributed by atoms with Gasteiger partial charge in [0, 0.05) is 12.2 Å². The topological polar surface area (TPSA) is 43.8 Å². The summed E-state index contributed by atoms with van der Waals surface area (Å²) in [6.45, 7) is 0. The molecule has 11 heavy (non-hydrogen) atoms. The summed E-state index contributed by atoms with van der Waals surface area (Å²) < 4.78 is 2.11. The fourth-order valence-electron chi connectivity index (χ4n) is 1.24. The van der Waals surface area contributed by atoms with Gasteiger partial charge in [-0.2, -0.15) is 0 Å². The highest BCUT2D eigenvalue weighted by molar-refractivity contribution is 5.85. The normalized spacial score (nSPS) is 17.1. The molecule has 1 heterocycles. The minimum atomic E-state index is 0. The number of imidazole rings is 1. The number of aromatic nitrogens is 2. The van der Waals surface area contributed by atoms with E-state index in [1.165, 1.54) is 19.3 Å². The van der Waals surface area contributed by atoms with Crippen LogP contribution >= 0.6 is 12.4 Å². The van der Waals surface area contributed by atoms with E-state index < -0.39 is 0 Å². The molecule has 1 fully saturated rings. The predicted molar refractivity (Wildman–Crippen MR) is 46.8 cm³/mol. The molecule has 2 rings (SSSR count). The quantitative estimate of drug-likeness (QED) is 0.702. The molecule has 0 spiro atoms. The van der Waals surface area contributed by atoms with Crippen molar-refractivity contribution in [1.29, 1.82) is 0 Å². The summed E-state index contributed by atoms with van der Waals surface area (Å²) in [4.78, 5) is 3.96. The van der Waals surface area contributed by atoms with Gasteiger partial charge in [0.05, 0.1) is 6.33 Å². The summed E-state index contributed by atoms with van der Waals surface area (Å²) in [6.07, 6.45) is 7.65. The molecule has 0 bridgehead atoms. The van der Waals surface area contributed by atoms with Gasteiger partial charge in [-0.25, -0.2) is 4.98 Å². The highest BCUT2D eigenvalue weighted by Crippen LogP contribution is 2.31. The van der Waals surface area contributed by atoms with Crippen molar-refractivity contribution in [3.8, 4) is 0 Å². The van der Waals surface area contributed by atoms with E-state index in [1.54, 1.807) is 0 Å². The summed E-state index contributed by atoms with van der Waals surface area (Å²) >= 11 is 0. The first-order chi connectivity index (χ1) is 4.86. The SMILES string of the molecule is Cl.Nc1cn(C2CCC2)cn1. The number of nitrogens with two attached hydrogens (primary N) is 1. The standard InChI is InChI=1S/C7H11N3.ClH/c8-7-4-10(5-9-7)6-2-1-3-6;/h4-6H,1-3,8H2;1H. The third kappa shape index (κ3) is 1.48. The Morgan fingerprint density at radius 1 is 1.55 bits per heavy atom. The highest BCUT2D eigenvalue weighted by Gasteiger charge is 2.18. The van der Waals surface area contributed by atoms with Crippen molar-refractivity contribution in [3.63, 3.8) is 0 Å². The Hall–Kier alpha value is -0.700. The second-order valence-corrected chi connectivity index (χ2v) is 2.83. The van der Waals surface area contributed by atoms with E-state index in [1.807, 2.05) is 12.5 Å². The van der Waals surface area contributed by atoms with Gasteiger partial charge < -0.3 is 10.3 Å². The van der Waals surface area contributed by atoms with Crippen molar-refractivity contribution in [2.24, 2.45) is 0 Å². The molecule has 0 atom stereocenters. The third-order valence-electron chi connectivity index (χ3n) is 2.12. The van der Waals surface area contributed by atoms with Crippen molar-refractivity contribution >= 4 is 18.2 Å². The molecule has 62 valence electrons. The number of nitrogens with zero attached hydrogens (tertiary/aromatic N) is 2. The first-order valence-corrected chi connectivity index (χ1v) is 3.65. The number of halogens is 1. The Kier molecular flexibility index (Phi) is 2.39. The van der Waals surface area contributed by atoms with Gasteiger partial charge >= 0.3 is 0 Å². The number of nitrogen functional groups attached to an aromatic ring is 1.